The average molecular weight is 529 g/mol. The number of methoxy groups -OCH3 is 1. The fraction of sp³-hybridized carbons (Fsp3) is 0.154. The summed E-state index contributed by atoms with van der Waals surface area (Å²) in [5.41, 5.74) is 2.44. The van der Waals surface area contributed by atoms with Gasteiger partial charge in [-0.1, -0.05) is 41.4 Å². The summed E-state index contributed by atoms with van der Waals surface area (Å²) < 4.78 is 17.1. The Bertz CT molecular complexity index is 1300. The van der Waals surface area contributed by atoms with Gasteiger partial charge in [-0.3, -0.25) is 9.69 Å². The van der Waals surface area contributed by atoms with Crippen molar-refractivity contribution in [2.45, 2.75) is 13.5 Å². The standard InChI is InChI=1S/C26H22Cl2N2O4S/c1-3-33-19-10-8-18(9-11-19)30-25(31)22(29-26(30)35)14-17-5-4-6-23(32-2)24(17)34-15-16-7-12-20(27)21(28)13-16/h4-14H,3,15H2,1-2H3,(H,29,35)/b22-14+. The van der Waals surface area contributed by atoms with Crippen LogP contribution < -0.4 is 24.4 Å². The van der Waals surface area contributed by atoms with Crippen LogP contribution in [0.25, 0.3) is 6.08 Å². The molecular formula is C26H22Cl2N2O4S. The zero-order valence-corrected chi connectivity index (χ0v) is 21.3. The Kier molecular flexibility index (Phi) is 7.80. The topological polar surface area (TPSA) is 60.0 Å². The molecule has 180 valence electrons. The lowest BCUT2D eigenvalue weighted by atomic mass is 10.1. The molecule has 1 fully saturated rings. The molecule has 1 N–H and O–H groups in total. The maximum atomic E-state index is 13.2. The van der Waals surface area contributed by atoms with Crippen LogP contribution in [0, 0.1) is 0 Å². The van der Waals surface area contributed by atoms with Gasteiger partial charge in [0.25, 0.3) is 5.91 Å². The molecule has 0 aromatic heterocycles. The van der Waals surface area contributed by atoms with Crippen LogP contribution in [-0.2, 0) is 11.4 Å². The number of nitrogens with zero attached hydrogens (tertiary/aromatic N) is 1. The molecule has 9 heteroatoms. The molecule has 0 aliphatic carbocycles. The van der Waals surface area contributed by atoms with Gasteiger partial charge in [-0.15, -0.1) is 0 Å². The Balaban J connectivity index is 1.60. The van der Waals surface area contributed by atoms with Crippen molar-refractivity contribution in [3.05, 3.63) is 87.5 Å². The first-order valence-electron chi connectivity index (χ1n) is 10.7. The van der Waals surface area contributed by atoms with E-state index in [0.717, 1.165) is 11.3 Å². The SMILES string of the molecule is CCOc1ccc(N2C(=O)/C(=C\c3cccc(OC)c3OCc3ccc(Cl)c(Cl)c3)NC2=S)cc1. The third-order valence-electron chi connectivity index (χ3n) is 5.18. The van der Waals surface area contributed by atoms with Crippen LogP contribution in [0.2, 0.25) is 10.0 Å². The Morgan fingerprint density at radius 2 is 1.80 bits per heavy atom. The van der Waals surface area contributed by atoms with E-state index in [1.54, 1.807) is 55.7 Å². The molecule has 0 radical (unpaired) electrons. The van der Waals surface area contributed by atoms with Crippen molar-refractivity contribution in [3.8, 4) is 17.2 Å². The van der Waals surface area contributed by atoms with Gasteiger partial charge in [0.05, 0.1) is 29.4 Å². The normalized spacial score (nSPS) is 14.3. The molecule has 0 atom stereocenters. The van der Waals surface area contributed by atoms with Gasteiger partial charge in [0, 0.05) is 5.56 Å². The molecule has 3 aromatic carbocycles. The highest BCUT2D eigenvalue weighted by molar-refractivity contribution is 7.80. The third-order valence-corrected chi connectivity index (χ3v) is 6.20. The lowest BCUT2D eigenvalue weighted by Gasteiger charge is -2.15. The highest BCUT2D eigenvalue weighted by Gasteiger charge is 2.32. The fourth-order valence-corrected chi connectivity index (χ4v) is 4.15. The molecule has 1 aliphatic heterocycles. The molecule has 6 nitrogen and oxygen atoms in total. The molecule has 0 spiro atoms. The number of hydrogen-bond acceptors (Lipinski definition) is 5. The van der Waals surface area contributed by atoms with Gasteiger partial charge in [-0.2, -0.15) is 0 Å². The Morgan fingerprint density at radius 3 is 2.49 bits per heavy atom. The zero-order chi connectivity index (χ0) is 24.9. The Labute approximate surface area is 219 Å². The molecule has 4 rings (SSSR count). The number of ether oxygens (including phenoxy) is 3. The summed E-state index contributed by atoms with van der Waals surface area (Å²) in [4.78, 5) is 14.7. The second-order valence-corrected chi connectivity index (χ2v) is 8.67. The molecule has 35 heavy (non-hydrogen) atoms. The minimum absolute atomic E-state index is 0.228. The number of rotatable bonds is 8. The fourth-order valence-electron chi connectivity index (χ4n) is 3.53. The first kappa shape index (κ1) is 24.9. The Hall–Kier alpha value is -3.26. The monoisotopic (exact) mass is 528 g/mol. The van der Waals surface area contributed by atoms with Crippen LogP contribution in [-0.4, -0.2) is 24.7 Å². The van der Waals surface area contributed by atoms with Crippen molar-refractivity contribution in [1.29, 1.82) is 0 Å². The summed E-state index contributed by atoms with van der Waals surface area (Å²) in [6, 6.07) is 17.9. The van der Waals surface area contributed by atoms with E-state index in [1.165, 1.54) is 4.90 Å². The van der Waals surface area contributed by atoms with Crippen molar-refractivity contribution in [3.63, 3.8) is 0 Å². The highest BCUT2D eigenvalue weighted by atomic mass is 35.5. The maximum Gasteiger partial charge on any atom is 0.281 e. The van der Waals surface area contributed by atoms with Crippen molar-refractivity contribution in [1.82, 2.24) is 5.32 Å². The van der Waals surface area contributed by atoms with Gasteiger partial charge < -0.3 is 19.5 Å². The first-order chi connectivity index (χ1) is 16.9. The van der Waals surface area contributed by atoms with Crippen LogP contribution in [0.1, 0.15) is 18.1 Å². The largest absolute Gasteiger partial charge is 0.494 e. The van der Waals surface area contributed by atoms with Crippen LogP contribution in [0.3, 0.4) is 0 Å². The van der Waals surface area contributed by atoms with Crippen LogP contribution >= 0.6 is 35.4 Å². The van der Waals surface area contributed by atoms with Gasteiger partial charge in [-0.25, -0.2) is 0 Å². The third kappa shape index (κ3) is 5.53. The van der Waals surface area contributed by atoms with Gasteiger partial charge in [-0.05, 0) is 73.2 Å². The molecule has 1 aliphatic rings. The van der Waals surface area contributed by atoms with Crippen molar-refractivity contribution < 1.29 is 19.0 Å². The molecule has 1 saturated heterocycles. The number of amides is 1. The van der Waals surface area contributed by atoms with E-state index in [4.69, 9.17) is 49.6 Å². The summed E-state index contributed by atoms with van der Waals surface area (Å²) >= 11 is 17.6. The summed E-state index contributed by atoms with van der Waals surface area (Å²) in [6.07, 6.45) is 1.69. The molecule has 1 heterocycles. The molecule has 0 bridgehead atoms. The minimum Gasteiger partial charge on any atom is -0.494 e. The summed E-state index contributed by atoms with van der Waals surface area (Å²) in [5.74, 6) is 1.44. The number of para-hydroxylation sites is 1. The first-order valence-corrected chi connectivity index (χ1v) is 11.9. The van der Waals surface area contributed by atoms with E-state index in [0.29, 0.717) is 45.1 Å². The maximum absolute atomic E-state index is 13.2. The van der Waals surface area contributed by atoms with Gasteiger partial charge in [0.15, 0.2) is 16.6 Å². The predicted octanol–water partition coefficient (Wildman–Crippen LogP) is 6.24. The van der Waals surface area contributed by atoms with Crippen molar-refractivity contribution >= 4 is 58.2 Å². The Morgan fingerprint density at radius 1 is 1.03 bits per heavy atom. The minimum atomic E-state index is -0.280. The average Bonchev–Trinajstić information content (AvgIpc) is 3.13. The van der Waals surface area contributed by atoms with E-state index in [1.807, 2.05) is 25.1 Å². The van der Waals surface area contributed by atoms with Crippen LogP contribution in [0.4, 0.5) is 5.69 Å². The molecule has 0 saturated carbocycles. The van der Waals surface area contributed by atoms with Crippen molar-refractivity contribution in [2.24, 2.45) is 0 Å². The van der Waals surface area contributed by atoms with E-state index in [-0.39, 0.29) is 17.6 Å². The second-order valence-electron chi connectivity index (χ2n) is 7.47. The lowest BCUT2D eigenvalue weighted by molar-refractivity contribution is -0.113. The number of halogens is 2. The molecule has 1 amide bonds. The number of thiocarbonyl (C=S) groups is 1. The van der Waals surface area contributed by atoms with Crippen LogP contribution in [0.5, 0.6) is 17.2 Å². The molecular weight excluding hydrogens is 507 g/mol. The summed E-state index contributed by atoms with van der Waals surface area (Å²) in [6.45, 7) is 2.70. The van der Waals surface area contributed by atoms with Gasteiger partial charge >= 0.3 is 0 Å². The summed E-state index contributed by atoms with van der Waals surface area (Å²) in [7, 11) is 1.56. The van der Waals surface area contributed by atoms with Crippen LogP contribution in [0.15, 0.2) is 66.4 Å². The van der Waals surface area contributed by atoms with E-state index < -0.39 is 0 Å². The number of hydrogen-bond donors (Lipinski definition) is 1. The predicted molar refractivity (Wildman–Crippen MR) is 143 cm³/mol. The van der Waals surface area contributed by atoms with E-state index in [2.05, 4.69) is 5.32 Å². The second kappa shape index (κ2) is 11.0. The lowest BCUT2D eigenvalue weighted by Crippen LogP contribution is -2.30. The smallest absolute Gasteiger partial charge is 0.281 e. The van der Waals surface area contributed by atoms with Gasteiger partial charge in [0.1, 0.15) is 18.1 Å². The van der Waals surface area contributed by atoms with Crippen molar-refractivity contribution in [2.75, 3.05) is 18.6 Å². The molecule has 0 unspecified atom stereocenters. The molecule has 3 aromatic rings. The van der Waals surface area contributed by atoms with E-state index >= 15 is 0 Å². The number of benzene rings is 3. The van der Waals surface area contributed by atoms with E-state index in [9.17, 15) is 4.79 Å². The zero-order valence-electron chi connectivity index (χ0n) is 19.0. The summed E-state index contributed by atoms with van der Waals surface area (Å²) in [5, 5.41) is 4.20. The number of anilines is 1. The number of nitrogens with one attached hydrogen (secondary N) is 1. The number of carbonyl (C=O) groups is 1. The number of carbonyl (C=O) groups excluding carboxylic acids is 1. The quantitative estimate of drug-likeness (QED) is 0.275. The van der Waals surface area contributed by atoms with Gasteiger partial charge in [0.2, 0.25) is 0 Å². The highest BCUT2D eigenvalue weighted by Crippen LogP contribution is 2.35.